The predicted molar refractivity (Wildman–Crippen MR) is 112 cm³/mol. The molecule has 0 saturated heterocycles. The maximum Gasteiger partial charge on any atom is 0.221 e. The van der Waals surface area contributed by atoms with Crippen molar-refractivity contribution in [3.8, 4) is 5.75 Å². The lowest BCUT2D eigenvalue weighted by Crippen LogP contribution is -2.33. The average molecular weight is 407 g/mol. The molecule has 0 aliphatic carbocycles. The Kier molecular flexibility index (Phi) is 9.71. The van der Waals surface area contributed by atoms with Crippen molar-refractivity contribution in [2.45, 2.75) is 32.6 Å². The maximum atomic E-state index is 12.0. The third kappa shape index (κ3) is 7.44. The summed E-state index contributed by atoms with van der Waals surface area (Å²) >= 11 is 1.36. The molecule has 7 nitrogen and oxygen atoms in total. The molecule has 8 heteroatoms. The Morgan fingerprint density at radius 1 is 1.29 bits per heavy atom. The van der Waals surface area contributed by atoms with Crippen LogP contribution in [0.4, 0.5) is 5.13 Å². The highest BCUT2D eigenvalue weighted by Gasteiger charge is 2.14. The molecule has 0 bridgehead atoms. The van der Waals surface area contributed by atoms with Gasteiger partial charge in [0.05, 0.1) is 13.7 Å². The molecule has 1 amide bonds. The third-order valence-electron chi connectivity index (χ3n) is 4.25. The summed E-state index contributed by atoms with van der Waals surface area (Å²) in [7, 11) is 3.33. The fraction of sp³-hybridized carbons (Fsp3) is 0.550. The van der Waals surface area contributed by atoms with Crippen molar-refractivity contribution in [2.75, 3.05) is 45.4 Å². The Morgan fingerprint density at radius 3 is 2.89 bits per heavy atom. The fourth-order valence-electron chi connectivity index (χ4n) is 2.64. The Balaban J connectivity index is 1.96. The van der Waals surface area contributed by atoms with E-state index in [2.05, 4.69) is 26.5 Å². The number of anilines is 1. The molecule has 1 N–H and O–H groups in total. The zero-order valence-electron chi connectivity index (χ0n) is 16.9. The molecule has 154 valence electrons. The molecule has 1 heterocycles. The van der Waals surface area contributed by atoms with Crippen LogP contribution in [0.2, 0.25) is 0 Å². The standard InChI is InChI=1S/C20H30N4O3S/c1-4-5-10-21-19(25)9-11-24(12-13-26-2)20-22-18(23-28-20)15-16-7-6-8-17(14-16)27-3/h6-8,14H,4-5,9-13,15H2,1-3H3,(H,21,25). The molecule has 0 aliphatic heterocycles. The zero-order chi connectivity index (χ0) is 20.2. The minimum atomic E-state index is 0.0667. The van der Waals surface area contributed by atoms with E-state index >= 15 is 0 Å². The Labute approximate surface area is 171 Å². The number of ether oxygens (including phenoxy) is 2. The van der Waals surface area contributed by atoms with Crippen LogP contribution < -0.4 is 15.0 Å². The number of carbonyl (C=O) groups is 1. The number of carbonyl (C=O) groups excluding carboxylic acids is 1. The summed E-state index contributed by atoms with van der Waals surface area (Å²) in [5.41, 5.74) is 1.10. The van der Waals surface area contributed by atoms with Gasteiger partial charge in [0, 0.05) is 51.1 Å². The number of hydrogen-bond donors (Lipinski definition) is 1. The largest absolute Gasteiger partial charge is 0.497 e. The van der Waals surface area contributed by atoms with Gasteiger partial charge in [0.2, 0.25) is 11.0 Å². The van der Waals surface area contributed by atoms with Crippen molar-refractivity contribution in [3.05, 3.63) is 35.7 Å². The van der Waals surface area contributed by atoms with Gasteiger partial charge in [-0.3, -0.25) is 4.79 Å². The number of aromatic nitrogens is 2. The number of methoxy groups -OCH3 is 2. The van der Waals surface area contributed by atoms with Crippen LogP contribution >= 0.6 is 11.5 Å². The highest BCUT2D eigenvalue weighted by Crippen LogP contribution is 2.20. The van der Waals surface area contributed by atoms with Gasteiger partial charge in [0.25, 0.3) is 0 Å². The SMILES string of the molecule is CCCCNC(=O)CCN(CCOC)c1nc(Cc2cccc(OC)c2)ns1. The predicted octanol–water partition coefficient (Wildman–Crippen LogP) is 2.90. The topological polar surface area (TPSA) is 76.6 Å². The zero-order valence-corrected chi connectivity index (χ0v) is 17.8. The van der Waals surface area contributed by atoms with Crippen molar-refractivity contribution in [1.82, 2.24) is 14.7 Å². The first-order chi connectivity index (χ1) is 13.7. The highest BCUT2D eigenvalue weighted by molar-refractivity contribution is 7.09. The van der Waals surface area contributed by atoms with Gasteiger partial charge >= 0.3 is 0 Å². The number of nitrogens with one attached hydrogen (secondary N) is 1. The van der Waals surface area contributed by atoms with Crippen LogP contribution in [0.1, 0.15) is 37.6 Å². The fourth-order valence-corrected chi connectivity index (χ4v) is 3.38. The van der Waals surface area contributed by atoms with Crippen molar-refractivity contribution in [1.29, 1.82) is 0 Å². The first kappa shape index (κ1) is 22.1. The molecule has 28 heavy (non-hydrogen) atoms. The molecule has 0 unspecified atom stereocenters. The second kappa shape index (κ2) is 12.3. The van der Waals surface area contributed by atoms with Crippen LogP contribution in [0.25, 0.3) is 0 Å². The number of benzene rings is 1. The lowest BCUT2D eigenvalue weighted by Gasteiger charge is -2.20. The minimum Gasteiger partial charge on any atom is -0.497 e. The minimum absolute atomic E-state index is 0.0667. The Morgan fingerprint density at radius 2 is 2.14 bits per heavy atom. The normalized spacial score (nSPS) is 10.7. The van der Waals surface area contributed by atoms with Crippen LogP contribution in [-0.2, 0) is 16.0 Å². The van der Waals surface area contributed by atoms with E-state index in [1.165, 1.54) is 11.5 Å². The maximum absolute atomic E-state index is 12.0. The van der Waals surface area contributed by atoms with Crippen LogP contribution in [0, 0.1) is 0 Å². The lowest BCUT2D eigenvalue weighted by molar-refractivity contribution is -0.120. The van der Waals surface area contributed by atoms with E-state index in [0.717, 1.165) is 41.7 Å². The average Bonchev–Trinajstić information content (AvgIpc) is 3.16. The molecule has 2 rings (SSSR count). The molecule has 0 spiro atoms. The summed E-state index contributed by atoms with van der Waals surface area (Å²) in [6.45, 7) is 4.68. The van der Waals surface area contributed by atoms with E-state index in [0.29, 0.717) is 32.5 Å². The Bertz CT molecular complexity index is 723. The number of amides is 1. The molecule has 0 aliphatic rings. The quantitative estimate of drug-likeness (QED) is 0.516. The molecule has 0 radical (unpaired) electrons. The summed E-state index contributed by atoms with van der Waals surface area (Å²) in [6.07, 6.45) is 3.14. The van der Waals surface area contributed by atoms with Crippen LogP contribution in [0.3, 0.4) is 0 Å². The van der Waals surface area contributed by atoms with Crippen molar-refractivity contribution in [3.63, 3.8) is 0 Å². The van der Waals surface area contributed by atoms with E-state index in [4.69, 9.17) is 9.47 Å². The van der Waals surface area contributed by atoms with Gasteiger partial charge in [-0.25, -0.2) is 4.98 Å². The molecule has 0 atom stereocenters. The summed E-state index contributed by atoms with van der Waals surface area (Å²) in [4.78, 5) is 18.8. The molecular formula is C20H30N4O3S. The van der Waals surface area contributed by atoms with Crippen LogP contribution in [-0.4, -0.2) is 55.7 Å². The van der Waals surface area contributed by atoms with E-state index in [-0.39, 0.29) is 5.91 Å². The van der Waals surface area contributed by atoms with Crippen molar-refractivity contribution in [2.24, 2.45) is 0 Å². The van der Waals surface area contributed by atoms with Gasteiger partial charge in [0.1, 0.15) is 11.6 Å². The highest BCUT2D eigenvalue weighted by atomic mass is 32.1. The second-order valence-corrected chi connectivity index (χ2v) is 7.19. The second-order valence-electron chi connectivity index (χ2n) is 6.45. The summed E-state index contributed by atoms with van der Waals surface area (Å²) in [6, 6.07) is 7.90. The number of unbranched alkanes of at least 4 members (excludes halogenated alkanes) is 1. The van der Waals surface area contributed by atoms with Gasteiger partial charge in [0.15, 0.2) is 0 Å². The molecular weight excluding hydrogens is 376 g/mol. The van der Waals surface area contributed by atoms with Gasteiger partial charge in [-0.15, -0.1) is 0 Å². The first-order valence-corrected chi connectivity index (χ1v) is 10.4. The van der Waals surface area contributed by atoms with Gasteiger partial charge in [-0.05, 0) is 24.1 Å². The molecule has 1 aromatic heterocycles. The monoisotopic (exact) mass is 406 g/mol. The molecule has 0 saturated carbocycles. The number of rotatable bonds is 13. The summed E-state index contributed by atoms with van der Waals surface area (Å²) in [5, 5.41) is 3.77. The van der Waals surface area contributed by atoms with E-state index in [1.54, 1.807) is 14.2 Å². The number of nitrogens with zero attached hydrogens (tertiary/aromatic N) is 3. The van der Waals surface area contributed by atoms with Crippen molar-refractivity contribution >= 4 is 22.6 Å². The van der Waals surface area contributed by atoms with Crippen molar-refractivity contribution < 1.29 is 14.3 Å². The first-order valence-electron chi connectivity index (χ1n) is 9.62. The van der Waals surface area contributed by atoms with Crippen LogP contribution in [0.15, 0.2) is 24.3 Å². The van der Waals surface area contributed by atoms with Gasteiger partial charge < -0.3 is 19.7 Å². The molecule has 2 aromatic rings. The summed E-state index contributed by atoms with van der Waals surface area (Å²) in [5.74, 6) is 1.66. The third-order valence-corrected chi connectivity index (χ3v) is 5.07. The van der Waals surface area contributed by atoms with Crippen LogP contribution in [0.5, 0.6) is 5.75 Å². The summed E-state index contributed by atoms with van der Waals surface area (Å²) < 4.78 is 15.0. The molecule has 0 fully saturated rings. The Hall–Kier alpha value is -2.19. The van der Waals surface area contributed by atoms with E-state index in [9.17, 15) is 4.79 Å². The number of hydrogen-bond acceptors (Lipinski definition) is 7. The smallest absolute Gasteiger partial charge is 0.221 e. The molecule has 1 aromatic carbocycles. The van der Waals surface area contributed by atoms with E-state index in [1.807, 2.05) is 24.3 Å². The van der Waals surface area contributed by atoms with Gasteiger partial charge in [-0.1, -0.05) is 25.5 Å². The van der Waals surface area contributed by atoms with E-state index < -0.39 is 0 Å². The van der Waals surface area contributed by atoms with Gasteiger partial charge in [-0.2, -0.15) is 4.37 Å². The lowest BCUT2D eigenvalue weighted by atomic mass is 10.1.